The Morgan fingerprint density at radius 2 is 2.18 bits per heavy atom. The van der Waals surface area contributed by atoms with Gasteiger partial charge in [-0.15, -0.1) is 0 Å². The van der Waals surface area contributed by atoms with Crippen LogP contribution in [-0.4, -0.2) is 53.6 Å². The van der Waals surface area contributed by atoms with Crippen molar-refractivity contribution < 1.29 is 14.7 Å². The number of carbonyl (C=O) groups is 2. The Morgan fingerprint density at radius 3 is 2.76 bits per heavy atom. The van der Waals surface area contributed by atoms with Crippen LogP contribution in [0.1, 0.15) is 32.6 Å². The fourth-order valence-corrected chi connectivity index (χ4v) is 2.18. The van der Waals surface area contributed by atoms with E-state index in [1.807, 2.05) is 11.8 Å². The SMILES string of the molecule is CCN(C)C(=O)N1CCCC(CCC(=O)O)C1. The van der Waals surface area contributed by atoms with Gasteiger partial charge in [0.05, 0.1) is 0 Å². The minimum Gasteiger partial charge on any atom is -0.481 e. The number of amides is 2. The van der Waals surface area contributed by atoms with Crippen LogP contribution >= 0.6 is 0 Å². The first kappa shape index (κ1) is 13.8. The Morgan fingerprint density at radius 1 is 1.47 bits per heavy atom. The van der Waals surface area contributed by atoms with Crippen LogP contribution in [0.3, 0.4) is 0 Å². The highest BCUT2D eigenvalue weighted by Gasteiger charge is 2.25. The zero-order valence-electron chi connectivity index (χ0n) is 10.7. The maximum atomic E-state index is 11.9. The van der Waals surface area contributed by atoms with Gasteiger partial charge in [0.15, 0.2) is 0 Å². The molecule has 5 nitrogen and oxygen atoms in total. The molecule has 0 aliphatic carbocycles. The van der Waals surface area contributed by atoms with Gasteiger partial charge in [0, 0.05) is 33.1 Å². The van der Waals surface area contributed by atoms with E-state index < -0.39 is 5.97 Å². The van der Waals surface area contributed by atoms with Crippen molar-refractivity contribution in [3.05, 3.63) is 0 Å². The average Bonchev–Trinajstić information content (AvgIpc) is 2.34. The number of urea groups is 1. The normalized spacial score (nSPS) is 20.1. The Hall–Kier alpha value is -1.26. The molecule has 0 aromatic heterocycles. The van der Waals surface area contributed by atoms with Crippen LogP contribution < -0.4 is 0 Å². The quantitative estimate of drug-likeness (QED) is 0.815. The summed E-state index contributed by atoms with van der Waals surface area (Å²) in [6, 6.07) is 0.0625. The second-order valence-corrected chi connectivity index (χ2v) is 4.68. The van der Waals surface area contributed by atoms with Gasteiger partial charge >= 0.3 is 12.0 Å². The van der Waals surface area contributed by atoms with Gasteiger partial charge in [-0.2, -0.15) is 0 Å². The fourth-order valence-electron chi connectivity index (χ4n) is 2.18. The lowest BCUT2D eigenvalue weighted by atomic mass is 9.93. The lowest BCUT2D eigenvalue weighted by Crippen LogP contribution is -2.46. The summed E-state index contributed by atoms with van der Waals surface area (Å²) in [5, 5.41) is 8.66. The van der Waals surface area contributed by atoms with Gasteiger partial charge < -0.3 is 14.9 Å². The van der Waals surface area contributed by atoms with Gasteiger partial charge in [-0.1, -0.05) is 0 Å². The Kier molecular flexibility index (Phi) is 5.25. The molecule has 98 valence electrons. The van der Waals surface area contributed by atoms with Gasteiger partial charge in [-0.3, -0.25) is 4.79 Å². The molecule has 2 amide bonds. The van der Waals surface area contributed by atoms with Crippen LogP contribution in [0.15, 0.2) is 0 Å². The van der Waals surface area contributed by atoms with Crippen LogP contribution in [0, 0.1) is 5.92 Å². The third kappa shape index (κ3) is 4.24. The average molecular weight is 242 g/mol. The predicted molar refractivity (Wildman–Crippen MR) is 64.9 cm³/mol. The summed E-state index contributed by atoms with van der Waals surface area (Å²) in [5.74, 6) is -0.409. The van der Waals surface area contributed by atoms with E-state index in [4.69, 9.17) is 5.11 Å². The highest BCUT2D eigenvalue weighted by molar-refractivity contribution is 5.74. The highest BCUT2D eigenvalue weighted by Crippen LogP contribution is 2.21. The molecule has 0 saturated carbocycles. The summed E-state index contributed by atoms with van der Waals surface area (Å²) in [7, 11) is 1.79. The first-order chi connectivity index (χ1) is 8.04. The molecular formula is C12H22N2O3. The number of carboxylic acid groups (broad SMARTS) is 1. The van der Waals surface area contributed by atoms with E-state index in [-0.39, 0.29) is 12.5 Å². The molecule has 1 atom stereocenters. The Labute approximate surface area is 102 Å². The van der Waals surface area contributed by atoms with Crippen molar-refractivity contribution in [1.82, 2.24) is 9.80 Å². The van der Waals surface area contributed by atoms with E-state index in [9.17, 15) is 9.59 Å². The van der Waals surface area contributed by atoms with Gasteiger partial charge in [-0.05, 0) is 32.1 Å². The van der Waals surface area contributed by atoms with Gasteiger partial charge in [0.2, 0.25) is 0 Å². The van der Waals surface area contributed by atoms with Crippen LogP contribution in [0.4, 0.5) is 4.79 Å². The van der Waals surface area contributed by atoms with E-state index in [0.717, 1.165) is 19.4 Å². The van der Waals surface area contributed by atoms with E-state index in [2.05, 4.69) is 0 Å². The molecule has 0 radical (unpaired) electrons. The molecule has 0 bridgehead atoms. The van der Waals surface area contributed by atoms with Crippen molar-refractivity contribution in [1.29, 1.82) is 0 Å². The number of likely N-dealkylation sites (tertiary alicyclic amines) is 1. The molecule has 1 N–H and O–H groups in total. The summed E-state index contributed by atoms with van der Waals surface area (Å²) < 4.78 is 0. The van der Waals surface area contributed by atoms with Crippen LogP contribution in [0.25, 0.3) is 0 Å². The van der Waals surface area contributed by atoms with Crippen LogP contribution in [0.5, 0.6) is 0 Å². The zero-order chi connectivity index (χ0) is 12.8. The van der Waals surface area contributed by atoms with Crippen molar-refractivity contribution in [2.45, 2.75) is 32.6 Å². The number of hydrogen-bond donors (Lipinski definition) is 1. The van der Waals surface area contributed by atoms with Gasteiger partial charge in [0.25, 0.3) is 0 Å². The molecule has 1 fully saturated rings. The standard InChI is InChI=1S/C12H22N2O3/c1-3-13(2)12(17)14-8-4-5-10(9-14)6-7-11(15)16/h10H,3-9H2,1-2H3,(H,15,16). The molecule has 1 heterocycles. The van der Waals surface area contributed by atoms with Gasteiger partial charge in [-0.25, -0.2) is 4.79 Å². The van der Waals surface area contributed by atoms with Crippen LogP contribution in [0.2, 0.25) is 0 Å². The fraction of sp³-hybridized carbons (Fsp3) is 0.833. The summed E-state index contributed by atoms with van der Waals surface area (Å²) >= 11 is 0. The number of carboxylic acids is 1. The molecule has 1 saturated heterocycles. The molecule has 17 heavy (non-hydrogen) atoms. The summed E-state index contributed by atoms with van der Waals surface area (Å²) in [6.07, 6.45) is 2.89. The molecule has 5 heteroatoms. The topological polar surface area (TPSA) is 60.9 Å². The highest BCUT2D eigenvalue weighted by atomic mass is 16.4. The minimum absolute atomic E-state index is 0.0625. The Balaban J connectivity index is 2.43. The van der Waals surface area contributed by atoms with Crippen molar-refractivity contribution in [2.75, 3.05) is 26.7 Å². The second-order valence-electron chi connectivity index (χ2n) is 4.68. The molecular weight excluding hydrogens is 220 g/mol. The van der Waals surface area contributed by atoms with Crippen molar-refractivity contribution in [3.8, 4) is 0 Å². The second kappa shape index (κ2) is 6.47. The lowest BCUT2D eigenvalue weighted by molar-refractivity contribution is -0.137. The summed E-state index contributed by atoms with van der Waals surface area (Å²) in [6.45, 7) is 4.15. The molecule has 1 rings (SSSR count). The number of rotatable bonds is 4. The summed E-state index contributed by atoms with van der Waals surface area (Å²) in [5.41, 5.74) is 0. The number of aliphatic carboxylic acids is 1. The number of piperidine rings is 1. The van der Waals surface area contributed by atoms with E-state index in [0.29, 0.717) is 25.4 Å². The van der Waals surface area contributed by atoms with Crippen molar-refractivity contribution in [2.24, 2.45) is 5.92 Å². The molecule has 1 aliphatic rings. The van der Waals surface area contributed by atoms with Crippen molar-refractivity contribution >= 4 is 12.0 Å². The smallest absolute Gasteiger partial charge is 0.319 e. The third-order valence-electron chi connectivity index (χ3n) is 3.36. The maximum absolute atomic E-state index is 11.9. The van der Waals surface area contributed by atoms with Crippen molar-refractivity contribution in [3.63, 3.8) is 0 Å². The Bertz CT molecular complexity index is 281. The number of nitrogens with zero attached hydrogens (tertiary/aromatic N) is 2. The molecule has 0 aromatic rings. The third-order valence-corrected chi connectivity index (χ3v) is 3.36. The van der Waals surface area contributed by atoms with Crippen LogP contribution in [-0.2, 0) is 4.79 Å². The number of hydrogen-bond acceptors (Lipinski definition) is 2. The van der Waals surface area contributed by atoms with E-state index >= 15 is 0 Å². The number of carbonyl (C=O) groups excluding carboxylic acids is 1. The maximum Gasteiger partial charge on any atom is 0.319 e. The van der Waals surface area contributed by atoms with E-state index in [1.54, 1.807) is 11.9 Å². The first-order valence-corrected chi connectivity index (χ1v) is 6.26. The molecule has 0 spiro atoms. The largest absolute Gasteiger partial charge is 0.481 e. The minimum atomic E-state index is -0.751. The lowest BCUT2D eigenvalue weighted by Gasteiger charge is -2.35. The van der Waals surface area contributed by atoms with E-state index in [1.165, 1.54) is 0 Å². The zero-order valence-corrected chi connectivity index (χ0v) is 10.7. The molecule has 0 aromatic carbocycles. The molecule has 1 unspecified atom stereocenters. The van der Waals surface area contributed by atoms with Gasteiger partial charge in [0.1, 0.15) is 0 Å². The first-order valence-electron chi connectivity index (χ1n) is 6.26. The predicted octanol–water partition coefficient (Wildman–Crippen LogP) is 1.63. The summed E-state index contributed by atoms with van der Waals surface area (Å²) in [4.78, 5) is 26.0. The molecule has 1 aliphatic heterocycles. The monoisotopic (exact) mass is 242 g/mol.